The summed E-state index contributed by atoms with van der Waals surface area (Å²) in [6.45, 7) is 7.69. The number of nitrogens with one attached hydrogen (secondary N) is 1. The van der Waals surface area contributed by atoms with Crippen LogP contribution in [0.3, 0.4) is 0 Å². The third-order valence-corrected chi connectivity index (χ3v) is 2.64. The molecule has 0 saturated carbocycles. The minimum absolute atomic E-state index is 0.184. The van der Waals surface area contributed by atoms with E-state index in [1.807, 2.05) is 0 Å². The van der Waals surface area contributed by atoms with Gasteiger partial charge in [0.15, 0.2) is 0 Å². The number of rotatable bonds is 8. The first-order valence-electron chi connectivity index (χ1n) is 5.73. The van der Waals surface area contributed by atoms with Gasteiger partial charge in [-0.15, -0.1) is 0 Å². The van der Waals surface area contributed by atoms with E-state index in [1.165, 1.54) is 0 Å². The molecule has 0 aromatic rings. The molecule has 0 heterocycles. The number of aliphatic hydroxyl groups excluding tert-OH is 1. The van der Waals surface area contributed by atoms with Gasteiger partial charge in [-0.2, -0.15) is 5.26 Å². The normalized spacial score (nSPS) is 13.5. The number of nitrogens with zero attached hydrogens (tertiary/aromatic N) is 1. The van der Waals surface area contributed by atoms with Crippen LogP contribution in [0.25, 0.3) is 0 Å². The summed E-state index contributed by atoms with van der Waals surface area (Å²) >= 11 is 0. The van der Waals surface area contributed by atoms with E-state index in [1.54, 1.807) is 0 Å². The Balaban J connectivity index is 3.67. The standard InChI is InChI=1S/C12H24N2O/c1-11(6-4-9-15)14-10-12(2,3)7-5-8-13/h11,14-15H,4-7,9-10H2,1-3H3. The minimum atomic E-state index is 0.184. The fourth-order valence-electron chi connectivity index (χ4n) is 1.43. The maximum atomic E-state index is 8.70. The summed E-state index contributed by atoms with van der Waals surface area (Å²) in [7, 11) is 0. The van der Waals surface area contributed by atoms with Crippen LogP contribution in [0, 0.1) is 16.7 Å². The summed E-state index contributed by atoms with van der Waals surface area (Å²) in [6.07, 6.45) is 3.42. The lowest BCUT2D eigenvalue weighted by atomic mass is 9.87. The van der Waals surface area contributed by atoms with Gasteiger partial charge in [0.05, 0.1) is 6.07 Å². The second kappa shape index (κ2) is 7.67. The van der Waals surface area contributed by atoms with Crippen LogP contribution in [0.2, 0.25) is 0 Å². The lowest BCUT2D eigenvalue weighted by Crippen LogP contribution is -2.35. The van der Waals surface area contributed by atoms with E-state index in [4.69, 9.17) is 10.4 Å². The van der Waals surface area contributed by atoms with Crippen molar-refractivity contribution >= 4 is 0 Å². The first-order valence-corrected chi connectivity index (χ1v) is 5.73. The SMILES string of the molecule is CC(CCCO)NCC(C)(C)CCC#N. The molecule has 0 aromatic carbocycles. The molecule has 0 saturated heterocycles. The largest absolute Gasteiger partial charge is 0.396 e. The molecule has 0 radical (unpaired) electrons. The number of hydrogen-bond acceptors (Lipinski definition) is 3. The van der Waals surface area contributed by atoms with Crippen molar-refractivity contribution in [2.45, 2.75) is 52.5 Å². The predicted molar refractivity (Wildman–Crippen MR) is 62.4 cm³/mol. The van der Waals surface area contributed by atoms with Gasteiger partial charge < -0.3 is 10.4 Å². The van der Waals surface area contributed by atoms with Crippen LogP contribution in [-0.2, 0) is 0 Å². The second-order valence-electron chi connectivity index (χ2n) is 4.97. The highest BCUT2D eigenvalue weighted by Gasteiger charge is 2.17. The van der Waals surface area contributed by atoms with E-state index in [-0.39, 0.29) is 12.0 Å². The Morgan fingerprint density at radius 2 is 2.13 bits per heavy atom. The highest BCUT2D eigenvalue weighted by Crippen LogP contribution is 2.20. The van der Waals surface area contributed by atoms with Gasteiger partial charge in [-0.1, -0.05) is 13.8 Å². The van der Waals surface area contributed by atoms with Crippen molar-refractivity contribution in [1.29, 1.82) is 5.26 Å². The molecule has 2 N–H and O–H groups in total. The molecule has 0 spiro atoms. The van der Waals surface area contributed by atoms with E-state index in [0.29, 0.717) is 12.5 Å². The topological polar surface area (TPSA) is 56.0 Å². The molecule has 0 bridgehead atoms. The van der Waals surface area contributed by atoms with Crippen molar-refractivity contribution in [2.24, 2.45) is 5.41 Å². The Morgan fingerprint density at radius 1 is 1.47 bits per heavy atom. The van der Waals surface area contributed by atoms with Gasteiger partial charge in [0.25, 0.3) is 0 Å². The summed E-state index contributed by atoms with van der Waals surface area (Å²) < 4.78 is 0. The first-order chi connectivity index (χ1) is 7.02. The van der Waals surface area contributed by atoms with Crippen molar-refractivity contribution in [2.75, 3.05) is 13.2 Å². The van der Waals surface area contributed by atoms with Gasteiger partial charge in [-0.05, 0) is 31.6 Å². The molecule has 0 aromatic heterocycles. The van der Waals surface area contributed by atoms with Crippen LogP contribution in [0.15, 0.2) is 0 Å². The minimum Gasteiger partial charge on any atom is -0.396 e. The molecule has 0 amide bonds. The van der Waals surface area contributed by atoms with Crippen LogP contribution in [0.5, 0.6) is 0 Å². The zero-order valence-corrected chi connectivity index (χ0v) is 10.2. The molecule has 1 atom stereocenters. The smallest absolute Gasteiger partial charge is 0.0621 e. The Bertz CT molecular complexity index is 196. The van der Waals surface area contributed by atoms with Gasteiger partial charge in [0.1, 0.15) is 0 Å². The lowest BCUT2D eigenvalue weighted by Gasteiger charge is -2.26. The molecule has 0 fully saturated rings. The van der Waals surface area contributed by atoms with Gasteiger partial charge in [-0.3, -0.25) is 0 Å². The number of nitriles is 1. The van der Waals surface area contributed by atoms with Gasteiger partial charge in [0, 0.05) is 25.6 Å². The molecule has 3 nitrogen and oxygen atoms in total. The molecule has 88 valence electrons. The summed E-state index contributed by atoms with van der Waals surface area (Å²) in [5.74, 6) is 0. The number of hydrogen-bond donors (Lipinski definition) is 2. The maximum absolute atomic E-state index is 8.70. The molecule has 0 aliphatic heterocycles. The fraction of sp³-hybridized carbons (Fsp3) is 0.917. The summed E-state index contributed by atoms with van der Waals surface area (Å²) in [6, 6.07) is 2.63. The summed E-state index contributed by atoms with van der Waals surface area (Å²) in [5.41, 5.74) is 0.184. The molecule has 0 rings (SSSR count). The third kappa shape index (κ3) is 8.41. The average Bonchev–Trinajstić information content (AvgIpc) is 2.21. The van der Waals surface area contributed by atoms with E-state index in [2.05, 4.69) is 32.2 Å². The number of aliphatic hydroxyl groups is 1. The molecule has 15 heavy (non-hydrogen) atoms. The Kier molecular flexibility index (Phi) is 7.37. The molecule has 3 heteroatoms. The molecular formula is C12H24N2O. The monoisotopic (exact) mass is 212 g/mol. The van der Waals surface area contributed by atoms with Crippen LogP contribution in [-0.4, -0.2) is 24.3 Å². The molecule has 1 unspecified atom stereocenters. The summed E-state index contributed by atoms with van der Waals surface area (Å²) in [4.78, 5) is 0. The Labute approximate surface area is 93.5 Å². The highest BCUT2D eigenvalue weighted by atomic mass is 16.2. The predicted octanol–water partition coefficient (Wildman–Crippen LogP) is 2.07. The third-order valence-electron chi connectivity index (χ3n) is 2.64. The molecular weight excluding hydrogens is 188 g/mol. The van der Waals surface area contributed by atoms with Crippen LogP contribution < -0.4 is 5.32 Å². The molecule has 0 aliphatic carbocycles. The first kappa shape index (κ1) is 14.4. The summed E-state index contributed by atoms with van der Waals surface area (Å²) in [5, 5.41) is 20.7. The van der Waals surface area contributed by atoms with E-state index >= 15 is 0 Å². The van der Waals surface area contributed by atoms with E-state index in [9.17, 15) is 0 Å². The zero-order chi connectivity index (χ0) is 11.7. The van der Waals surface area contributed by atoms with E-state index < -0.39 is 0 Å². The Morgan fingerprint density at radius 3 is 2.67 bits per heavy atom. The van der Waals surface area contributed by atoms with Crippen LogP contribution in [0.1, 0.15) is 46.5 Å². The van der Waals surface area contributed by atoms with Gasteiger partial charge >= 0.3 is 0 Å². The van der Waals surface area contributed by atoms with Crippen LogP contribution >= 0.6 is 0 Å². The van der Waals surface area contributed by atoms with Crippen molar-refractivity contribution in [3.63, 3.8) is 0 Å². The van der Waals surface area contributed by atoms with Crippen molar-refractivity contribution in [3.8, 4) is 6.07 Å². The lowest BCUT2D eigenvalue weighted by molar-refractivity contribution is 0.264. The van der Waals surface area contributed by atoms with Crippen LogP contribution in [0.4, 0.5) is 0 Å². The highest BCUT2D eigenvalue weighted by molar-refractivity contribution is 4.79. The van der Waals surface area contributed by atoms with Gasteiger partial charge in [0.2, 0.25) is 0 Å². The Hall–Kier alpha value is -0.590. The van der Waals surface area contributed by atoms with Gasteiger partial charge in [-0.25, -0.2) is 0 Å². The zero-order valence-electron chi connectivity index (χ0n) is 10.2. The van der Waals surface area contributed by atoms with E-state index in [0.717, 1.165) is 25.8 Å². The average molecular weight is 212 g/mol. The second-order valence-corrected chi connectivity index (χ2v) is 4.97. The van der Waals surface area contributed by atoms with Crippen molar-refractivity contribution in [1.82, 2.24) is 5.32 Å². The van der Waals surface area contributed by atoms with Crippen molar-refractivity contribution in [3.05, 3.63) is 0 Å². The quantitative estimate of drug-likeness (QED) is 0.647. The maximum Gasteiger partial charge on any atom is 0.0621 e. The fourth-order valence-corrected chi connectivity index (χ4v) is 1.43. The van der Waals surface area contributed by atoms with Crippen molar-refractivity contribution < 1.29 is 5.11 Å². The molecule has 0 aliphatic rings.